The summed E-state index contributed by atoms with van der Waals surface area (Å²) < 4.78 is 25.8. The van der Waals surface area contributed by atoms with Gasteiger partial charge in [-0.25, -0.2) is 8.78 Å². The summed E-state index contributed by atoms with van der Waals surface area (Å²) in [6, 6.07) is 1.67. The van der Waals surface area contributed by atoms with Crippen molar-refractivity contribution in [2.75, 3.05) is 0 Å². The smallest absolute Gasteiger partial charge is 0.253 e. The SMILES string of the molecule is C[C@@H](NC(=O)c1cc(F)c(F)cc1Cl)C1CC1. The Bertz CT molecular complexity index is 460. The van der Waals surface area contributed by atoms with Gasteiger partial charge in [0.25, 0.3) is 5.91 Å². The molecule has 0 heterocycles. The van der Waals surface area contributed by atoms with Crippen LogP contribution in [-0.4, -0.2) is 11.9 Å². The lowest BCUT2D eigenvalue weighted by Gasteiger charge is -2.13. The number of amides is 1. The summed E-state index contributed by atoms with van der Waals surface area (Å²) in [6.07, 6.45) is 2.18. The summed E-state index contributed by atoms with van der Waals surface area (Å²) in [5.41, 5.74) is -0.0296. The van der Waals surface area contributed by atoms with E-state index in [2.05, 4.69) is 5.32 Å². The summed E-state index contributed by atoms with van der Waals surface area (Å²) in [6.45, 7) is 1.89. The van der Waals surface area contributed by atoms with Crippen molar-refractivity contribution in [1.82, 2.24) is 5.32 Å². The van der Waals surface area contributed by atoms with Gasteiger partial charge in [-0.2, -0.15) is 0 Å². The van der Waals surface area contributed by atoms with Crippen molar-refractivity contribution in [3.63, 3.8) is 0 Å². The van der Waals surface area contributed by atoms with Crippen molar-refractivity contribution in [2.24, 2.45) is 5.92 Å². The predicted molar refractivity (Wildman–Crippen MR) is 61.0 cm³/mol. The molecule has 1 aliphatic rings. The fraction of sp³-hybridized carbons (Fsp3) is 0.417. The molecule has 0 bridgehead atoms. The van der Waals surface area contributed by atoms with Crippen LogP contribution in [0.5, 0.6) is 0 Å². The summed E-state index contributed by atoms with van der Waals surface area (Å²) in [5, 5.41) is 2.65. The van der Waals surface area contributed by atoms with Gasteiger partial charge in [-0.1, -0.05) is 11.6 Å². The Balaban J connectivity index is 2.15. The molecule has 2 rings (SSSR count). The van der Waals surface area contributed by atoms with Crippen molar-refractivity contribution < 1.29 is 13.6 Å². The average molecular weight is 260 g/mol. The molecule has 1 amide bonds. The van der Waals surface area contributed by atoms with E-state index in [1.165, 1.54) is 0 Å². The Morgan fingerprint density at radius 3 is 2.59 bits per heavy atom. The highest BCUT2D eigenvalue weighted by Crippen LogP contribution is 2.32. The molecule has 1 saturated carbocycles. The molecule has 2 nitrogen and oxygen atoms in total. The molecule has 0 saturated heterocycles. The fourth-order valence-electron chi connectivity index (χ4n) is 1.70. The normalized spacial score (nSPS) is 16.7. The van der Waals surface area contributed by atoms with Crippen LogP contribution in [0.25, 0.3) is 0 Å². The number of rotatable bonds is 3. The Hall–Kier alpha value is -1.16. The van der Waals surface area contributed by atoms with Crippen LogP contribution < -0.4 is 5.32 Å². The summed E-state index contributed by atoms with van der Waals surface area (Å²) in [5.74, 6) is -2.10. The van der Waals surface area contributed by atoms with E-state index in [1.54, 1.807) is 0 Å². The zero-order valence-electron chi connectivity index (χ0n) is 9.27. The van der Waals surface area contributed by atoms with Crippen LogP contribution >= 0.6 is 11.6 Å². The molecule has 0 spiro atoms. The van der Waals surface area contributed by atoms with Crippen molar-refractivity contribution in [3.05, 3.63) is 34.4 Å². The van der Waals surface area contributed by atoms with Crippen LogP contribution in [0.2, 0.25) is 5.02 Å². The first-order chi connectivity index (χ1) is 7.99. The summed E-state index contributed by atoms with van der Waals surface area (Å²) in [4.78, 5) is 11.8. The van der Waals surface area contributed by atoms with E-state index in [-0.39, 0.29) is 16.6 Å². The van der Waals surface area contributed by atoms with Crippen molar-refractivity contribution >= 4 is 17.5 Å². The first-order valence-corrected chi connectivity index (χ1v) is 5.82. The first kappa shape index (κ1) is 12.3. The van der Waals surface area contributed by atoms with E-state index < -0.39 is 17.5 Å². The van der Waals surface area contributed by atoms with Gasteiger partial charge in [-0.15, -0.1) is 0 Å². The van der Waals surface area contributed by atoms with E-state index in [1.807, 2.05) is 6.92 Å². The number of hydrogen-bond acceptors (Lipinski definition) is 1. The molecule has 1 aromatic carbocycles. The lowest BCUT2D eigenvalue weighted by Crippen LogP contribution is -2.34. The molecule has 1 aromatic rings. The number of halogens is 3. The maximum atomic E-state index is 13.0. The van der Waals surface area contributed by atoms with Gasteiger partial charge in [0, 0.05) is 6.04 Å². The van der Waals surface area contributed by atoms with Gasteiger partial charge in [0.1, 0.15) is 0 Å². The van der Waals surface area contributed by atoms with Crippen LogP contribution in [0, 0.1) is 17.6 Å². The van der Waals surface area contributed by atoms with Crippen molar-refractivity contribution in [3.8, 4) is 0 Å². The van der Waals surface area contributed by atoms with E-state index in [4.69, 9.17) is 11.6 Å². The minimum absolute atomic E-state index is 0.0296. The summed E-state index contributed by atoms with van der Waals surface area (Å²) in [7, 11) is 0. The highest BCUT2D eigenvalue weighted by Gasteiger charge is 2.29. The van der Waals surface area contributed by atoms with Gasteiger partial charge < -0.3 is 5.32 Å². The summed E-state index contributed by atoms with van der Waals surface area (Å²) >= 11 is 5.71. The number of benzene rings is 1. The van der Waals surface area contributed by atoms with Gasteiger partial charge in [0.2, 0.25) is 0 Å². The van der Waals surface area contributed by atoms with Gasteiger partial charge >= 0.3 is 0 Å². The third-order valence-corrected chi connectivity index (χ3v) is 3.26. The maximum absolute atomic E-state index is 13.0. The largest absolute Gasteiger partial charge is 0.349 e. The highest BCUT2D eigenvalue weighted by molar-refractivity contribution is 6.33. The number of nitrogens with one attached hydrogen (secondary N) is 1. The van der Waals surface area contributed by atoms with Gasteiger partial charge in [0.15, 0.2) is 11.6 Å². The number of carbonyl (C=O) groups is 1. The van der Waals surface area contributed by atoms with Crippen LogP contribution in [0.15, 0.2) is 12.1 Å². The van der Waals surface area contributed by atoms with E-state index in [0.717, 1.165) is 25.0 Å². The quantitative estimate of drug-likeness (QED) is 0.830. The van der Waals surface area contributed by atoms with Crippen molar-refractivity contribution in [1.29, 1.82) is 0 Å². The lowest BCUT2D eigenvalue weighted by atomic mass is 10.1. The Labute approximate surface area is 103 Å². The van der Waals surface area contributed by atoms with Crippen molar-refractivity contribution in [2.45, 2.75) is 25.8 Å². The Morgan fingerprint density at radius 1 is 1.41 bits per heavy atom. The molecule has 0 aliphatic heterocycles. The zero-order chi connectivity index (χ0) is 12.6. The maximum Gasteiger partial charge on any atom is 0.253 e. The van der Waals surface area contributed by atoms with E-state index >= 15 is 0 Å². The van der Waals surface area contributed by atoms with E-state index in [0.29, 0.717) is 5.92 Å². The zero-order valence-corrected chi connectivity index (χ0v) is 10.0. The molecule has 1 fully saturated rings. The molecule has 17 heavy (non-hydrogen) atoms. The van der Waals surface area contributed by atoms with Gasteiger partial charge in [-0.05, 0) is 37.8 Å². The second kappa shape index (κ2) is 4.61. The fourth-order valence-corrected chi connectivity index (χ4v) is 1.93. The third-order valence-electron chi connectivity index (χ3n) is 2.94. The molecular weight excluding hydrogens is 248 g/mol. The molecular formula is C12H12ClF2NO. The second-order valence-electron chi connectivity index (χ2n) is 4.35. The number of hydrogen-bond donors (Lipinski definition) is 1. The molecule has 0 aromatic heterocycles. The van der Waals surface area contributed by atoms with Gasteiger partial charge in [0.05, 0.1) is 10.6 Å². The molecule has 1 N–H and O–H groups in total. The second-order valence-corrected chi connectivity index (χ2v) is 4.75. The third kappa shape index (κ3) is 2.75. The Kier molecular flexibility index (Phi) is 3.33. The molecule has 1 aliphatic carbocycles. The number of carbonyl (C=O) groups excluding carboxylic acids is 1. The predicted octanol–water partition coefficient (Wildman–Crippen LogP) is 3.15. The van der Waals surface area contributed by atoms with E-state index in [9.17, 15) is 13.6 Å². The van der Waals surface area contributed by atoms with Crippen LogP contribution in [-0.2, 0) is 0 Å². The minimum atomic E-state index is -1.07. The molecule has 0 radical (unpaired) electrons. The topological polar surface area (TPSA) is 29.1 Å². The monoisotopic (exact) mass is 259 g/mol. The van der Waals surface area contributed by atoms with Crippen LogP contribution in [0.1, 0.15) is 30.1 Å². The molecule has 92 valence electrons. The lowest BCUT2D eigenvalue weighted by molar-refractivity contribution is 0.0935. The minimum Gasteiger partial charge on any atom is -0.349 e. The van der Waals surface area contributed by atoms with Crippen LogP contribution in [0.4, 0.5) is 8.78 Å². The molecule has 0 unspecified atom stereocenters. The Morgan fingerprint density at radius 2 is 2.00 bits per heavy atom. The van der Waals surface area contributed by atoms with Crippen LogP contribution in [0.3, 0.4) is 0 Å². The standard InChI is InChI=1S/C12H12ClF2NO/c1-6(7-2-3-7)16-12(17)8-4-10(14)11(15)5-9(8)13/h4-7H,2-3H2,1H3,(H,16,17)/t6-/m1/s1. The highest BCUT2D eigenvalue weighted by atomic mass is 35.5. The van der Waals surface area contributed by atoms with Gasteiger partial charge in [-0.3, -0.25) is 4.79 Å². The molecule has 5 heteroatoms. The first-order valence-electron chi connectivity index (χ1n) is 5.44. The molecule has 1 atom stereocenters. The average Bonchev–Trinajstić information content (AvgIpc) is 3.06.